The Hall–Kier alpha value is -1.06. The van der Waals surface area contributed by atoms with Gasteiger partial charge in [0.25, 0.3) is 0 Å². The fourth-order valence-corrected chi connectivity index (χ4v) is 2.98. The summed E-state index contributed by atoms with van der Waals surface area (Å²) < 4.78 is 11.8. The van der Waals surface area contributed by atoms with Gasteiger partial charge in [-0.3, -0.25) is 0 Å². The van der Waals surface area contributed by atoms with Gasteiger partial charge in [-0.1, -0.05) is 18.2 Å². The summed E-state index contributed by atoms with van der Waals surface area (Å²) in [4.78, 5) is 0. The second kappa shape index (κ2) is 7.09. The Kier molecular flexibility index (Phi) is 5.44. The lowest BCUT2D eigenvalue weighted by Crippen LogP contribution is -2.30. The molecular weight excluding hydrogens is 250 g/mol. The maximum Gasteiger partial charge on any atom is 0.125 e. The first kappa shape index (κ1) is 15.3. The van der Waals surface area contributed by atoms with Gasteiger partial charge in [0.1, 0.15) is 11.9 Å². The van der Waals surface area contributed by atoms with Gasteiger partial charge in [-0.15, -0.1) is 0 Å². The van der Waals surface area contributed by atoms with E-state index >= 15 is 0 Å². The maximum atomic E-state index is 6.31. The van der Waals surface area contributed by atoms with Gasteiger partial charge >= 0.3 is 0 Å². The molecular formula is C17H27NO2. The Bertz CT molecular complexity index is 431. The molecule has 0 aliphatic heterocycles. The first-order valence-electron chi connectivity index (χ1n) is 7.63. The van der Waals surface area contributed by atoms with Gasteiger partial charge in [-0.25, -0.2) is 0 Å². The van der Waals surface area contributed by atoms with Crippen molar-refractivity contribution in [2.24, 2.45) is 5.73 Å². The smallest absolute Gasteiger partial charge is 0.125 e. The predicted molar refractivity (Wildman–Crippen MR) is 82.2 cm³/mol. The summed E-state index contributed by atoms with van der Waals surface area (Å²) in [5.41, 5.74) is 8.36. The van der Waals surface area contributed by atoms with Crippen LogP contribution in [0.15, 0.2) is 18.2 Å². The zero-order valence-electron chi connectivity index (χ0n) is 12.9. The zero-order chi connectivity index (χ0) is 14.5. The molecule has 0 amide bonds. The van der Waals surface area contributed by atoms with Gasteiger partial charge in [-0.2, -0.15) is 0 Å². The van der Waals surface area contributed by atoms with E-state index in [4.69, 9.17) is 15.2 Å². The monoisotopic (exact) mass is 277 g/mol. The van der Waals surface area contributed by atoms with E-state index in [0.717, 1.165) is 31.4 Å². The van der Waals surface area contributed by atoms with Crippen LogP contribution in [0.25, 0.3) is 0 Å². The van der Waals surface area contributed by atoms with Crippen LogP contribution in [0.1, 0.15) is 43.7 Å². The summed E-state index contributed by atoms with van der Waals surface area (Å²) in [5.74, 6) is 1.03. The average Bonchev–Trinajstić information content (AvgIpc) is 2.42. The Labute approximate surface area is 122 Å². The van der Waals surface area contributed by atoms with Crippen molar-refractivity contribution in [1.82, 2.24) is 0 Å². The lowest BCUT2D eigenvalue weighted by molar-refractivity contribution is 0.0204. The van der Waals surface area contributed by atoms with Crippen LogP contribution in [0.3, 0.4) is 0 Å². The van der Waals surface area contributed by atoms with Gasteiger partial charge in [-0.05, 0) is 50.7 Å². The summed E-state index contributed by atoms with van der Waals surface area (Å²) >= 11 is 0. The van der Waals surface area contributed by atoms with Crippen molar-refractivity contribution in [2.45, 2.75) is 64.2 Å². The molecule has 0 spiro atoms. The van der Waals surface area contributed by atoms with Crippen molar-refractivity contribution < 1.29 is 9.47 Å². The highest BCUT2D eigenvalue weighted by Gasteiger charge is 2.24. The minimum atomic E-state index is 0.150. The van der Waals surface area contributed by atoms with E-state index in [1.165, 1.54) is 17.5 Å². The lowest BCUT2D eigenvalue weighted by atomic mass is 9.94. The molecule has 3 atom stereocenters. The molecule has 2 rings (SSSR count). The quantitative estimate of drug-likeness (QED) is 0.898. The van der Waals surface area contributed by atoms with Crippen LogP contribution in [-0.4, -0.2) is 25.4 Å². The molecule has 0 heterocycles. The molecule has 1 aromatic rings. The predicted octanol–water partition coefficient (Wildman–Crippen LogP) is 3.22. The molecule has 0 bridgehead atoms. The van der Waals surface area contributed by atoms with E-state index in [-0.39, 0.29) is 12.1 Å². The largest absolute Gasteiger partial charge is 0.490 e. The molecule has 0 radical (unpaired) electrons. The molecule has 3 heteroatoms. The zero-order valence-corrected chi connectivity index (χ0v) is 12.9. The normalized spacial score (nSPS) is 24.4. The summed E-state index contributed by atoms with van der Waals surface area (Å²) in [7, 11) is 1.79. The minimum absolute atomic E-state index is 0.150. The highest BCUT2D eigenvalue weighted by molar-refractivity contribution is 5.41. The number of benzene rings is 1. The van der Waals surface area contributed by atoms with E-state index < -0.39 is 0 Å². The molecule has 112 valence electrons. The third-order valence-electron chi connectivity index (χ3n) is 4.03. The van der Waals surface area contributed by atoms with Gasteiger partial charge in [0.05, 0.1) is 6.10 Å². The summed E-state index contributed by atoms with van der Waals surface area (Å²) in [6, 6.07) is 6.47. The number of nitrogens with two attached hydrogens (primary N) is 1. The molecule has 3 nitrogen and oxygen atoms in total. The molecule has 1 saturated carbocycles. The first-order chi connectivity index (χ1) is 9.60. The average molecular weight is 277 g/mol. The first-order valence-corrected chi connectivity index (χ1v) is 7.63. The standard InChI is InChI=1S/C17H27NO2/c1-12-6-4-7-14(10-13(2)18)17(12)20-16-9-5-8-15(11-16)19-3/h4,6-7,13,15-16H,5,8-11,18H2,1-3H3. The van der Waals surface area contributed by atoms with Gasteiger partial charge in [0.2, 0.25) is 0 Å². The summed E-state index contributed by atoms with van der Waals surface area (Å²) in [5, 5.41) is 0. The molecule has 1 aliphatic carbocycles. The van der Waals surface area contributed by atoms with E-state index in [1.54, 1.807) is 7.11 Å². The Morgan fingerprint density at radius 3 is 2.75 bits per heavy atom. The molecule has 2 N–H and O–H groups in total. The Morgan fingerprint density at radius 2 is 2.05 bits per heavy atom. The van der Waals surface area contributed by atoms with Gasteiger partial charge < -0.3 is 15.2 Å². The van der Waals surface area contributed by atoms with Gasteiger partial charge in [0, 0.05) is 19.6 Å². The van der Waals surface area contributed by atoms with Crippen molar-refractivity contribution in [1.29, 1.82) is 0 Å². The highest BCUT2D eigenvalue weighted by atomic mass is 16.5. The van der Waals surface area contributed by atoms with Crippen molar-refractivity contribution in [2.75, 3.05) is 7.11 Å². The number of aryl methyl sites for hydroxylation is 1. The molecule has 3 unspecified atom stereocenters. The molecule has 1 fully saturated rings. The second-order valence-corrected chi connectivity index (χ2v) is 6.01. The second-order valence-electron chi connectivity index (χ2n) is 6.01. The minimum Gasteiger partial charge on any atom is -0.490 e. The number of hydrogen-bond donors (Lipinski definition) is 1. The van der Waals surface area contributed by atoms with E-state index in [2.05, 4.69) is 25.1 Å². The number of ether oxygens (including phenoxy) is 2. The summed E-state index contributed by atoms with van der Waals surface area (Å²) in [6.07, 6.45) is 5.90. The number of rotatable bonds is 5. The maximum absolute atomic E-state index is 6.31. The van der Waals surface area contributed by atoms with Crippen LogP contribution in [0.4, 0.5) is 0 Å². The SMILES string of the molecule is COC1CCCC(Oc2c(C)cccc2CC(C)N)C1. The third-order valence-corrected chi connectivity index (χ3v) is 4.03. The van der Waals surface area contributed by atoms with Gasteiger partial charge in [0.15, 0.2) is 0 Å². The Balaban J connectivity index is 2.11. The summed E-state index contributed by atoms with van der Waals surface area (Å²) in [6.45, 7) is 4.14. The van der Waals surface area contributed by atoms with E-state index in [0.29, 0.717) is 6.10 Å². The van der Waals surface area contributed by atoms with Crippen molar-refractivity contribution in [3.63, 3.8) is 0 Å². The molecule has 20 heavy (non-hydrogen) atoms. The van der Waals surface area contributed by atoms with Crippen molar-refractivity contribution in [3.8, 4) is 5.75 Å². The number of para-hydroxylation sites is 1. The Morgan fingerprint density at radius 1 is 1.30 bits per heavy atom. The molecule has 1 aromatic carbocycles. The number of methoxy groups -OCH3 is 1. The molecule has 0 saturated heterocycles. The van der Waals surface area contributed by atoms with E-state index in [1.807, 2.05) is 6.92 Å². The molecule has 1 aliphatic rings. The van der Waals surface area contributed by atoms with Crippen LogP contribution < -0.4 is 10.5 Å². The lowest BCUT2D eigenvalue weighted by Gasteiger charge is -2.30. The van der Waals surface area contributed by atoms with E-state index in [9.17, 15) is 0 Å². The highest BCUT2D eigenvalue weighted by Crippen LogP contribution is 2.30. The fraction of sp³-hybridized carbons (Fsp3) is 0.647. The molecule has 0 aromatic heterocycles. The van der Waals surface area contributed by atoms with Crippen molar-refractivity contribution in [3.05, 3.63) is 29.3 Å². The van der Waals surface area contributed by atoms with Crippen LogP contribution in [0.2, 0.25) is 0 Å². The topological polar surface area (TPSA) is 44.5 Å². The van der Waals surface area contributed by atoms with Crippen LogP contribution in [-0.2, 0) is 11.2 Å². The third kappa shape index (κ3) is 3.97. The number of hydrogen-bond acceptors (Lipinski definition) is 3. The van der Waals surface area contributed by atoms with Crippen LogP contribution >= 0.6 is 0 Å². The van der Waals surface area contributed by atoms with Crippen LogP contribution in [0.5, 0.6) is 5.75 Å². The van der Waals surface area contributed by atoms with Crippen LogP contribution in [0, 0.1) is 6.92 Å². The van der Waals surface area contributed by atoms with Crippen molar-refractivity contribution >= 4 is 0 Å². The fourth-order valence-electron chi connectivity index (χ4n) is 2.98.